The standard InChI is InChI=1S/C30H37N5O2/c1-5-13-25(30(37)31-18-12-19-34(7-3)28(36)6-2)17-11-14-23(4)29-33-21-26-20-32-27(22-35(26)29)24-15-9-8-10-16-24/h5,8-11,13-17,20-22,25H,6-7,12,18-19H2,1-4H3,(H,31,37)/b13-5-,17-11?,23-14+. The third-order valence-corrected chi connectivity index (χ3v) is 6.14. The average molecular weight is 500 g/mol. The summed E-state index contributed by atoms with van der Waals surface area (Å²) in [7, 11) is 0. The van der Waals surface area contributed by atoms with Crippen molar-refractivity contribution in [2.45, 2.75) is 40.5 Å². The van der Waals surface area contributed by atoms with Gasteiger partial charge in [-0.05, 0) is 32.8 Å². The number of amides is 2. The molecular weight excluding hydrogens is 462 g/mol. The van der Waals surface area contributed by atoms with Crippen molar-refractivity contribution in [1.82, 2.24) is 24.6 Å². The molecule has 7 heteroatoms. The maximum Gasteiger partial charge on any atom is 0.230 e. The lowest BCUT2D eigenvalue weighted by atomic mass is 10.1. The molecule has 0 radical (unpaired) electrons. The van der Waals surface area contributed by atoms with E-state index in [4.69, 9.17) is 0 Å². The minimum Gasteiger partial charge on any atom is -0.355 e. The van der Waals surface area contributed by atoms with Crippen molar-refractivity contribution in [2.75, 3.05) is 19.6 Å². The monoisotopic (exact) mass is 499 g/mol. The van der Waals surface area contributed by atoms with E-state index in [-0.39, 0.29) is 17.7 Å². The van der Waals surface area contributed by atoms with E-state index in [1.54, 1.807) is 0 Å². The van der Waals surface area contributed by atoms with Crippen LogP contribution in [0.3, 0.4) is 0 Å². The van der Waals surface area contributed by atoms with Gasteiger partial charge in [0.2, 0.25) is 11.8 Å². The summed E-state index contributed by atoms with van der Waals surface area (Å²) in [6.45, 7) is 9.61. The first-order chi connectivity index (χ1) is 18.0. The van der Waals surface area contributed by atoms with E-state index in [1.807, 2.05) is 116 Å². The van der Waals surface area contributed by atoms with Crippen molar-refractivity contribution >= 4 is 22.9 Å². The number of imidazole rings is 1. The van der Waals surface area contributed by atoms with Gasteiger partial charge in [0, 0.05) is 37.8 Å². The molecule has 2 heterocycles. The molecule has 194 valence electrons. The van der Waals surface area contributed by atoms with Crippen LogP contribution in [-0.2, 0) is 9.59 Å². The summed E-state index contributed by atoms with van der Waals surface area (Å²) in [6.07, 6.45) is 16.4. The number of fused-ring (bicyclic) bond motifs is 1. The summed E-state index contributed by atoms with van der Waals surface area (Å²) in [5.41, 5.74) is 3.81. The molecule has 0 aliphatic carbocycles. The minimum atomic E-state index is -0.375. The van der Waals surface area contributed by atoms with Crippen molar-refractivity contribution in [3.8, 4) is 11.3 Å². The van der Waals surface area contributed by atoms with Gasteiger partial charge in [-0.3, -0.25) is 19.0 Å². The first-order valence-corrected chi connectivity index (χ1v) is 12.9. The maximum absolute atomic E-state index is 12.8. The zero-order chi connectivity index (χ0) is 26.6. The second-order valence-electron chi connectivity index (χ2n) is 8.77. The van der Waals surface area contributed by atoms with E-state index in [1.165, 1.54) is 0 Å². The summed E-state index contributed by atoms with van der Waals surface area (Å²) in [4.78, 5) is 35.6. The second-order valence-corrected chi connectivity index (χ2v) is 8.77. The number of hydrogen-bond acceptors (Lipinski definition) is 4. The molecule has 7 nitrogen and oxygen atoms in total. The predicted octanol–water partition coefficient (Wildman–Crippen LogP) is 5.31. The smallest absolute Gasteiger partial charge is 0.230 e. The quantitative estimate of drug-likeness (QED) is 0.208. The summed E-state index contributed by atoms with van der Waals surface area (Å²) in [5, 5.41) is 2.99. The molecule has 2 amide bonds. The molecule has 0 bridgehead atoms. The van der Waals surface area contributed by atoms with Gasteiger partial charge in [-0.15, -0.1) is 0 Å². The molecule has 0 aliphatic rings. The van der Waals surface area contributed by atoms with Crippen molar-refractivity contribution in [2.24, 2.45) is 5.92 Å². The van der Waals surface area contributed by atoms with Gasteiger partial charge < -0.3 is 10.2 Å². The molecule has 0 saturated carbocycles. The number of hydrogen-bond donors (Lipinski definition) is 1. The third-order valence-electron chi connectivity index (χ3n) is 6.14. The van der Waals surface area contributed by atoms with Crippen molar-refractivity contribution in [3.05, 3.63) is 85.1 Å². The fourth-order valence-corrected chi connectivity index (χ4v) is 4.07. The Hall–Kier alpha value is -4.00. The van der Waals surface area contributed by atoms with Crippen LogP contribution in [0, 0.1) is 5.92 Å². The molecule has 1 unspecified atom stereocenters. The molecule has 1 N–H and O–H groups in total. The Morgan fingerprint density at radius 3 is 2.57 bits per heavy atom. The van der Waals surface area contributed by atoms with Crippen LogP contribution in [0.1, 0.15) is 46.4 Å². The highest BCUT2D eigenvalue weighted by Gasteiger charge is 2.13. The van der Waals surface area contributed by atoms with E-state index in [9.17, 15) is 9.59 Å². The Bertz CT molecular complexity index is 1270. The van der Waals surface area contributed by atoms with Crippen LogP contribution in [0.5, 0.6) is 0 Å². The molecule has 2 aromatic heterocycles. The largest absolute Gasteiger partial charge is 0.355 e. The van der Waals surface area contributed by atoms with Gasteiger partial charge in [-0.1, -0.05) is 67.6 Å². The molecule has 37 heavy (non-hydrogen) atoms. The molecule has 0 saturated heterocycles. The third kappa shape index (κ3) is 7.49. The Balaban J connectivity index is 1.65. The van der Waals surface area contributed by atoms with Gasteiger partial charge in [0.1, 0.15) is 5.82 Å². The minimum absolute atomic E-state index is 0.0601. The van der Waals surface area contributed by atoms with Crippen LogP contribution < -0.4 is 5.32 Å². The SMILES string of the molecule is C/C=C\C(C=C/C=C(\C)c1ncc2cnc(-c3ccccc3)cn12)C(=O)NCCCN(CC)C(=O)CC. The summed E-state index contributed by atoms with van der Waals surface area (Å²) in [6, 6.07) is 10.0. The van der Waals surface area contributed by atoms with Gasteiger partial charge in [0.05, 0.1) is 29.5 Å². The molecule has 0 spiro atoms. The fraction of sp³-hybridized carbons (Fsp3) is 0.333. The van der Waals surface area contributed by atoms with Gasteiger partial charge in [0.25, 0.3) is 0 Å². The summed E-state index contributed by atoms with van der Waals surface area (Å²) in [5.74, 6) is 0.534. The first-order valence-electron chi connectivity index (χ1n) is 12.9. The topological polar surface area (TPSA) is 79.6 Å². The lowest BCUT2D eigenvalue weighted by molar-refractivity contribution is -0.130. The fourth-order valence-electron chi connectivity index (χ4n) is 4.07. The maximum atomic E-state index is 12.8. The Labute approximate surface area is 219 Å². The number of rotatable bonds is 12. The molecule has 0 fully saturated rings. The van der Waals surface area contributed by atoms with E-state index >= 15 is 0 Å². The van der Waals surface area contributed by atoms with Crippen LogP contribution in [0.25, 0.3) is 22.3 Å². The normalized spacial score (nSPS) is 12.9. The molecular formula is C30H37N5O2. The van der Waals surface area contributed by atoms with E-state index in [0.717, 1.165) is 34.6 Å². The first kappa shape index (κ1) is 27.6. The zero-order valence-electron chi connectivity index (χ0n) is 22.2. The number of aromatic nitrogens is 3. The Morgan fingerprint density at radius 2 is 1.86 bits per heavy atom. The zero-order valence-corrected chi connectivity index (χ0v) is 22.2. The Morgan fingerprint density at radius 1 is 1.11 bits per heavy atom. The average Bonchev–Trinajstić information content (AvgIpc) is 3.36. The molecule has 3 aromatic rings. The number of benzene rings is 1. The summed E-state index contributed by atoms with van der Waals surface area (Å²) < 4.78 is 2.04. The molecule has 3 rings (SSSR count). The number of carbonyl (C=O) groups excluding carboxylic acids is 2. The Kier molecular flexibility index (Phi) is 10.4. The van der Waals surface area contributed by atoms with Crippen molar-refractivity contribution in [3.63, 3.8) is 0 Å². The highest BCUT2D eigenvalue weighted by molar-refractivity contribution is 5.82. The van der Waals surface area contributed by atoms with E-state index < -0.39 is 0 Å². The van der Waals surface area contributed by atoms with Gasteiger partial charge in [-0.2, -0.15) is 0 Å². The van der Waals surface area contributed by atoms with Gasteiger partial charge in [0.15, 0.2) is 0 Å². The number of carbonyl (C=O) groups is 2. The van der Waals surface area contributed by atoms with Crippen molar-refractivity contribution in [1.29, 1.82) is 0 Å². The molecule has 1 aromatic carbocycles. The molecule has 1 atom stereocenters. The van der Waals surface area contributed by atoms with Gasteiger partial charge in [-0.25, -0.2) is 4.98 Å². The van der Waals surface area contributed by atoms with E-state index in [2.05, 4.69) is 15.3 Å². The highest BCUT2D eigenvalue weighted by atomic mass is 16.2. The van der Waals surface area contributed by atoms with Crippen LogP contribution in [0.4, 0.5) is 0 Å². The lowest BCUT2D eigenvalue weighted by Crippen LogP contribution is -2.35. The second kappa shape index (κ2) is 13.9. The number of allylic oxidation sites excluding steroid dienone is 4. The van der Waals surface area contributed by atoms with Crippen molar-refractivity contribution < 1.29 is 9.59 Å². The van der Waals surface area contributed by atoms with Crippen LogP contribution in [0.15, 0.2) is 79.3 Å². The highest BCUT2D eigenvalue weighted by Crippen LogP contribution is 2.20. The predicted molar refractivity (Wildman–Crippen MR) is 150 cm³/mol. The van der Waals surface area contributed by atoms with Crippen LogP contribution in [0.2, 0.25) is 0 Å². The van der Waals surface area contributed by atoms with E-state index in [0.29, 0.717) is 26.1 Å². The summed E-state index contributed by atoms with van der Waals surface area (Å²) >= 11 is 0. The molecule has 0 aliphatic heterocycles. The number of nitrogens with one attached hydrogen (secondary N) is 1. The lowest BCUT2D eigenvalue weighted by Gasteiger charge is -2.20. The number of nitrogens with zero attached hydrogens (tertiary/aromatic N) is 4. The van der Waals surface area contributed by atoms with Crippen LogP contribution in [-0.4, -0.2) is 50.7 Å². The van der Waals surface area contributed by atoms with Gasteiger partial charge >= 0.3 is 0 Å². The van der Waals surface area contributed by atoms with Crippen LogP contribution >= 0.6 is 0 Å².